The van der Waals surface area contributed by atoms with Crippen LogP contribution in [-0.4, -0.2) is 18.5 Å². The normalized spacial score (nSPS) is 11.5. The summed E-state index contributed by atoms with van der Waals surface area (Å²) >= 11 is 17.9. The summed E-state index contributed by atoms with van der Waals surface area (Å²) in [6, 6.07) is 2.82. The van der Waals surface area contributed by atoms with Crippen LogP contribution in [0.25, 0.3) is 0 Å². The van der Waals surface area contributed by atoms with Gasteiger partial charge in [-0.2, -0.15) is 0 Å². The number of carbonyl (C=O) groups excluding carboxylic acids is 2. The summed E-state index contributed by atoms with van der Waals surface area (Å²) in [6.45, 7) is 7.52. The van der Waals surface area contributed by atoms with Gasteiger partial charge in [0.15, 0.2) is 11.2 Å². The molecule has 0 aliphatic carbocycles. The fourth-order valence-corrected chi connectivity index (χ4v) is 3.00. The minimum atomic E-state index is -1.40. The molecular formula is C17H21Cl3O4. The smallest absolute Gasteiger partial charge is 0.328 e. The summed E-state index contributed by atoms with van der Waals surface area (Å²) in [6.07, 6.45) is 0.476. The zero-order valence-electron chi connectivity index (χ0n) is 14.1. The molecular weight excluding hydrogens is 375 g/mol. The Morgan fingerprint density at radius 3 is 1.96 bits per heavy atom. The number of benzene rings is 1. The molecule has 0 radical (unpaired) electrons. The SMILES string of the molecule is CCC(CC)(C(=O)OCC(C)C)C(=O)Oc1c(Cl)cc(Cl)cc1Cl. The lowest BCUT2D eigenvalue weighted by Crippen LogP contribution is -2.43. The van der Waals surface area contributed by atoms with Gasteiger partial charge in [-0.05, 0) is 30.9 Å². The first-order chi connectivity index (χ1) is 11.2. The number of esters is 2. The van der Waals surface area contributed by atoms with Crippen molar-refractivity contribution in [3.05, 3.63) is 27.2 Å². The zero-order chi connectivity index (χ0) is 18.5. The van der Waals surface area contributed by atoms with Crippen molar-refractivity contribution in [2.24, 2.45) is 11.3 Å². The summed E-state index contributed by atoms with van der Waals surface area (Å²) in [7, 11) is 0. The zero-order valence-corrected chi connectivity index (χ0v) is 16.4. The molecule has 0 N–H and O–H groups in total. The summed E-state index contributed by atoms with van der Waals surface area (Å²) in [5.74, 6) is -1.20. The summed E-state index contributed by atoms with van der Waals surface area (Å²) in [5.41, 5.74) is -1.40. The monoisotopic (exact) mass is 394 g/mol. The van der Waals surface area contributed by atoms with Gasteiger partial charge in [0, 0.05) is 5.02 Å². The van der Waals surface area contributed by atoms with Crippen molar-refractivity contribution >= 4 is 46.7 Å². The lowest BCUT2D eigenvalue weighted by Gasteiger charge is -2.27. The Hall–Kier alpha value is -0.970. The number of halogens is 3. The predicted molar refractivity (Wildman–Crippen MR) is 95.9 cm³/mol. The average Bonchev–Trinajstić information content (AvgIpc) is 2.50. The molecule has 0 bridgehead atoms. The molecule has 0 unspecified atom stereocenters. The van der Waals surface area contributed by atoms with E-state index in [4.69, 9.17) is 44.3 Å². The van der Waals surface area contributed by atoms with E-state index in [2.05, 4.69) is 0 Å². The van der Waals surface area contributed by atoms with Gasteiger partial charge in [0.05, 0.1) is 16.7 Å². The Labute approximate surface area is 157 Å². The van der Waals surface area contributed by atoms with Crippen LogP contribution < -0.4 is 4.74 Å². The van der Waals surface area contributed by atoms with Gasteiger partial charge < -0.3 is 9.47 Å². The molecule has 0 saturated carbocycles. The fourth-order valence-electron chi connectivity index (χ4n) is 2.11. The summed E-state index contributed by atoms with van der Waals surface area (Å²) in [4.78, 5) is 25.2. The molecule has 134 valence electrons. The van der Waals surface area contributed by atoms with E-state index in [1.54, 1.807) is 13.8 Å². The molecule has 0 atom stereocenters. The second kappa shape index (κ2) is 8.93. The molecule has 0 fully saturated rings. The van der Waals surface area contributed by atoms with E-state index in [9.17, 15) is 9.59 Å². The molecule has 0 saturated heterocycles. The van der Waals surface area contributed by atoms with E-state index < -0.39 is 17.4 Å². The van der Waals surface area contributed by atoms with Gasteiger partial charge in [0.1, 0.15) is 0 Å². The van der Waals surface area contributed by atoms with Gasteiger partial charge in [-0.25, -0.2) is 0 Å². The Bertz CT molecular complexity index is 587. The van der Waals surface area contributed by atoms with Crippen LogP contribution in [0.1, 0.15) is 40.5 Å². The minimum Gasteiger partial charge on any atom is -0.465 e. The van der Waals surface area contributed by atoms with Crippen LogP contribution in [0.2, 0.25) is 15.1 Å². The van der Waals surface area contributed by atoms with Crippen LogP contribution >= 0.6 is 34.8 Å². The maximum absolute atomic E-state index is 12.7. The van der Waals surface area contributed by atoms with Gasteiger partial charge in [0.25, 0.3) is 0 Å². The van der Waals surface area contributed by atoms with E-state index in [1.165, 1.54) is 12.1 Å². The Kier molecular flexibility index (Phi) is 7.84. The van der Waals surface area contributed by atoms with Crippen LogP contribution in [0.3, 0.4) is 0 Å². The van der Waals surface area contributed by atoms with E-state index in [-0.39, 0.29) is 41.2 Å². The third kappa shape index (κ3) is 4.78. The number of carbonyl (C=O) groups is 2. The molecule has 7 heteroatoms. The molecule has 1 rings (SSSR count). The van der Waals surface area contributed by atoms with Gasteiger partial charge in [-0.15, -0.1) is 0 Å². The maximum Gasteiger partial charge on any atom is 0.328 e. The third-order valence-corrected chi connectivity index (χ3v) is 4.47. The highest BCUT2D eigenvalue weighted by molar-refractivity contribution is 6.40. The van der Waals surface area contributed by atoms with Crippen molar-refractivity contribution in [2.75, 3.05) is 6.61 Å². The standard InChI is InChI=1S/C17H21Cl3O4/c1-5-17(6-2,15(21)23-9-10(3)4)16(22)24-14-12(19)7-11(18)8-13(14)20/h7-8,10H,5-6,9H2,1-4H3. The quantitative estimate of drug-likeness (QED) is 0.344. The largest absolute Gasteiger partial charge is 0.465 e. The maximum atomic E-state index is 12.7. The van der Waals surface area contributed by atoms with Crippen molar-refractivity contribution in [2.45, 2.75) is 40.5 Å². The van der Waals surface area contributed by atoms with E-state index in [1.807, 2.05) is 13.8 Å². The Morgan fingerprint density at radius 1 is 1.04 bits per heavy atom. The lowest BCUT2D eigenvalue weighted by molar-refractivity contribution is -0.168. The first-order valence-electron chi connectivity index (χ1n) is 7.72. The molecule has 0 spiro atoms. The topological polar surface area (TPSA) is 52.6 Å². The van der Waals surface area contributed by atoms with E-state index in [0.29, 0.717) is 5.02 Å². The summed E-state index contributed by atoms with van der Waals surface area (Å²) in [5, 5.41) is 0.508. The van der Waals surface area contributed by atoms with E-state index >= 15 is 0 Å². The Balaban J connectivity index is 3.09. The molecule has 0 amide bonds. The Morgan fingerprint density at radius 2 is 1.54 bits per heavy atom. The number of ether oxygens (including phenoxy) is 2. The number of hydrogen-bond donors (Lipinski definition) is 0. The highest BCUT2D eigenvalue weighted by atomic mass is 35.5. The van der Waals surface area contributed by atoms with Crippen molar-refractivity contribution < 1.29 is 19.1 Å². The molecule has 1 aromatic carbocycles. The van der Waals surface area contributed by atoms with Gasteiger partial charge in [0.2, 0.25) is 0 Å². The molecule has 0 aliphatic rings. The van der Waals surface area contributed by atoms with Crippen LogP contribution in [0.5, 0.6) is 5.75 Å². The molecule has 0 heterocycles. The lowest BCUT2D eigenvalue weighted by atomic mass is 9.82. The highest BCUT2D eigenvalue weighted by Gasteiger charge is 2.46. The van der Waals surface area contributed by atoms with Crippen LogP contribution in [0.15, 0.2) is 12.1 Å². The number of hydrogen-bond acceptors (Lipinski definition) is 4. The predicted octanol–water partition coefficient (Wildman–Crippen LogP) is 5.56. The van der Waals surface area contributed by atoms with Crippen molar-refractivity contribution in [1.82, 2.24) is 0 Å². The molecule has 4 nitrogen and oxygen atoms in total. The first kappa shape index (κ1) is 21.1. The van der Waals surface area contributed by atoms with Gasteiger partial charge in [-0.1, -0.05) is 62.5 Å². The second-order valence-corrected chi connectivity index (χ2v) is 7.12. The van der Waals surface area contributed by atoms with Crippen molar-refractivity contribution in [3.63, 3.8) is 0 Å². The average molecular weight is 396 g/mol. The first-order valence-corrected chi connectivity index (χ1v) is 8.85. The molecule has 24 heavy (non-hydrogen) atoms. The minimum absolute atomic E-state index is 0.0179. The highest BCUT2D eigenvalue weighted by Crippen LogP contribution is 2.38. The number of rotatable bonds is 7. The van der Waals surface area contributed by atoms with E-state index in [0.717, 1.165) is 0 Å². The van der Waals surface area contributed by atoms with Crippen molar-refractivity contribution in [3.8, 4) is 5.75 Å². The summed E-state index contributed by atoms with van der Waals surface area (Å²) < 4.78 is 10.6. The van der Waals surface area contributed by atoms with Gasteiger partial charge in [-0.3, -0.25) is 9.59 Å². The van der Waals surface area contributed by atoms with Crippen LogP contribution in [0, 0.1) is 11.3 Å². The van der Waals surface area contributed by atoms with Gasteiger partial charge >= 0.3 is 11.9 Å². The van der Waals surface area contributed by atoms with Crippen LogP contribution in [-0.2, 0) is 14.3 Å². The third-order valence-electron chi connectivity index (χ3n) is 3.69. The molecule has 0 aliphatic heterocycles. The van der Waals surface area contributed by atoms with Crippen molar-refractivity contribution in [1.29, 1.82) is 0 Å². The van der Waals surface area contributed by atoms with Crippen LogP contribution in [0.4, 0.5) is 0 Å². The molecule has 0 aromatic heterocycles. The second-order valence-electron chi connectivity index (χ2n) is 5.87. The fraction of sp³-hybridized carbons (Fsp3) is 0.529. The molecule has 1 aromatic rings.